The predicted molar refractivity (Wildman–Crippen MR) is 112 cm³/mol. The number of nitrogens with one attached hydrogen (secondary N) is 2. The van der Waals surface area contributed by atoms with Gasteiger partial charge in [-0.05, 0) is 25.1 Å². The highest BCUT2D eigenvalue weighted by Crippen LogP contribution is 2.29. The van der Waals surface area contributed by atoms with Crippen molar-refractivity contribution in [2.24, 2.45) is 0 Å². The Bertz CT molecular complexity index is 1080. The first-order valence-corrected chi connectivity index (χ1v) is 9.13. The Hall–Kier alpha value is -2.19. The highest BCUT2D eigenvalue weighted by molar-refractivity contribution is 6.39. The van der Waals surface area contributed by atoms with Crippen LogP contribution in [0, 0.1) is 0 Å². The Balaban J connectivity index is 0.00000225. The number of nitrogens with zero attached hydrogens (tertiary/aromatic N) is 3. The molecule has 7 nitrogen and oxygen atoms in total. The van der Waals surface area contributed by atoms with Crippen LogP contribution < -0.4 is 16.1 Å². The number of hydrogen-bond donors (Lipinski definition) is 2. The van der Waals surface area contributed by atoms with E-state index in [2.05, 4.69) is 20.6 Å². The van der Waals surface area contributed by atoms with E-state index in [-0.39, 0.29) is 45.2 Å². The van der Waals surface area contributed by atoms with Crippen molar-refractivity contribution < 1.29 is 4.79 Å². The summed E-state index contributed by atoms with van der Waals surface area (Å²) >= 11 is 12.1. The largest absolute Gasteiger partial charge is 0.327 e. The topological polar surface area (TPSA) is 88.9 Å². The third kappa shape index (κ3) is 3.71. The lowest BCUT2D eigenvalue weighted by atomic mass is 10.1. The number of hydrogen-bond acceptors (Lipinski definition) is 5. The van der Waals surface area contributed by atoms with Gasteiger partial charge in [0.25, 0.3) is 5.91 Å². The van der Waals surface area contributed by atoms with E-state index in [0.29, 0.717) is 11.0 Å². The number of halogens is 3. The molecule has 1 aliphatic rings. The Kier molecular flexibility index (Phi) is 6.20. The van der Waals surface area contributed by atoms with E-state index in [9.17, 15) is 9.59 Å². The van der Waals surface area contributed by atoms with E-state index >= 15 is 0 Å². The first-order chi connectivity index (χ1) is 13.1. The molecule has 0 radical (unpaired) electrons. The fraction of sp³-hybridized carbons (Fsp3) is 0.222. The standard InChI is InChI=1S/C18H15Cl2N5O2.ClH/c19-13-7-22-8-14(20)15(13)24-18(27)12-9-25(10-3-5-21-6-10)17-11(16(12)26)2-1-4-23-17;/h1-2,4,7-10,21H,3,5-6H2,(H,22,24,27);1H/t10-;/m0./s1. The van der Waals surface area contributed by atoms with Crippen molar-refractivity contribution in [3.63, 3.8) is 0 Å². The van der Waals surface area contributed by atoms with Gasteiger partial charge in [0.05, 0.1) is 21.1 Å². The predicted octanol–water partition coefficient (Wildman–Crippen LogP) is 3.31. The second kappa shape index (κ2) is 8.45. The molecular weight excluding hydrogens is 425 g/mol. The molecular formula is C18H16Cl3N5O2. The zero-order chi connectivity index (χ0) is 19.0. The summed E-state index contributed by atoms with van der Waals surface area (Å²) in [6.45, 7) is 1.62. The molecule has 146 valence electrons. The van der Waals surface area contributed by atoms with Gasteiger partial charge in [0, 0.05) is 37.4 Å². The van der Waals surface area contributed by atoms with E-state index in [1.807, 2.05) is 4.57 Å². The summed E-state index contributed by atoms with van der Waals surface area (Å²) in [5.41, 5.74) is 0.399. The summed E-state index contributed by atoms with van der Waals surface area (Å²) in [5.74, 6) is -0.583. The summed E-state index contributed by atoms with van der Waals surface area (Å²) in [6.07, 6.45) is 6.83. The van der Waals surface area contributed by atoms with Crippen molar-refractivity contribution in [1.29, 1.82) is 0 Å². The summed E-state index contributed by atoms with van der Waals surface area (Å²) < 4.78 is 1.89. The molecule has 3 aromatic rings. The van der Waals surface area contributed by atoms with Gasteiger partial charge in [0.15, 0.2) is 0 Å². The summed E-state index contributed by atoms with van der Waals surface area (Å²) in [5, 5.41) is 6.69. The van der Waals surface area contributed by atoms with Crippen LogP contribution in [0.1, 0.15) is 22.8 Å². The van der Waals surface area contributed by atoms with Crippen LogP contribution in [-0.2, 0) is 0 Å². The number of amides is 1. The maximum Gasteiger partial charge on any atom is 0.261 e. The lowest BCUT2D eigenvalue weighted by Gasteiger charge is -2.18. The fourth-order valence-electron chi connectivity index (χ4n) is 3.21. The molecule has 0 spiro atoms. The molecule has 0 unspecified atom stereocenters. The third-order valence-electron chi connectivity index (χ3n) is 4.55. The van der Waals surface area contributed by atoms with Gasteiger partial charge in [0.2, 0.25) is 5.43 Å². The minimum absolute atomic E-state index is 0. The molecule has 0 aliphatic carbocycles. The Morgan fingerprint density at radius 3 is 2.71 bits per heavy atom. The van der Waals surface area contributed by atoms with Crippen LogP contribution in [0.5, 0.6) is 0 Å². The maximum absolute atomic E-state index is 12.9. The van der Waals surface area contributed by atoms with Gasteiger partial charge < -0.3 is 15.2 Å². The van der Waals surface area contributed by atoms with Crippen LogP contribution >= 0.6 is 35.6 Å². The molecule has 1 fully saturated rings. The average Bonchev–Trinajstić information content (AvgIpc) is 3.20. The van der Waals surface area contributed by atoms with E-state index in [1.54, 1.807) is 24.5 Å². The molecule has 0 aromatic carbocycles. The highest BCUT2D eigenvalue weighted by atomic mass is 35.5. The van der Waals surface area contributed by atoms with Crippen LogP contribution in [0.3, 0.4) is 0 Å². The van der Waals surface area contributed by atoms with E-state index < -0.39 is 5.91 Å². The molecule has 0 bridgehead atoms. The number of fused-ring (bicyclic) bond motifs is 1. The van der Waals surface area contributed by atoms with Crippen LogP contribution in [0.25, 0.3) is 11.0 Å². The van der Waals surface area contributed by atoms with Crippen molar-refractivity contribution in [2.45, 2.75) is 12.5 Å². The first kappa shape index (κ1) is 20.5. The van der Waals surface area contributed by atoms with Crippen LogP contribution in [0.4, 0.5) is 5.69 Å². The normalized spacial score (nSPS) is 16.0. The first-order valence-electron chi connectivity index (χ1n) is 8.37. The van der Waals surface area contributed by atoms with Crippen LogP contribution in [0.15, 0.2) is 41.7 Å². The molecule has 3 aromatic heterocycles. The van der Waals surface area contributed by atoms with Crippen LogP contribution in [-0.4, -0.2) is 33.5 Å². The van der Waals surface area contributed by atoms with E-state index in [4.69, 9.17) is 23.2 Å². The van der Waals surface area contributed by atoms with Crippen molar-refractivity contribution >= 4 is 58.2 Å². The molecule has 1 aliphatic heterocycles. The zero-order valence-corrected chi connectivity index (χ0v) is 16.8. The van der Waals surface area contributed by atoms with Crippen molar-refractivity contribution in [3.05, 3.63) is 62.8 Å². The van der Waals surface area contributed by atoms with Gasteiger partial charge in [-0.25, -0.2) is 4.98 Å². The van der Waals surface area contributed by atoms with Crippen molar-refractivity contribution in [3.8, 4) is 0 Å². The number of carbonyl (C=O) groups is 1. The molecule has 28 heavy (non-hydrogen) atoms. The molecule has 1 atom stereocenters. The summed E-state index contributed by atoms with van der Waals surface area (Å²) in [4.78, 5) is 33.9. The zero-order valence-electron chi connectivity index (χ0n) is 14.5. The van der Waals surface area contributed by atoms with Crippen molar-refractivity contribution in [2.75, 3.05) is 18.4 Å². The number of carbonyl (C=O) groups excluding carboxylic acids is 1. The SMILES string of the molecule is Cl.O=C(Nc1c(Cl)cncc1Cl)c1cn([C@H]2CCNC2)c2ncccc2c1=O. The molecule has 4 heterocycles. The van der Waals surface area contributed by atoms with Gasteiger partial charge in [-0.2, -0.15) is 0 Å². The summed E-state index contributed by atoms with van der Waals surface area (Å²) in [6, 6.07) is 3.47. The lowest BCUT2D eigenvalue weighted by molar-refractivity contribution is 0.102. The monoisotopic (exact) mass is 439 g/mol. The van der Waals surface area contributed by atoms with E-state index in [1.165, 1.54) is 12.4 Å². The third-order valence-corrected chi connectivity index (χ3v) is 5.13. The Labute approximate surface area is 176 Å². The quantitative estimate of drug-likeness (QED) is 0.652. The van der Waals surface area contributed by atoms with Gasteiger partial charge >= 0.3 is 0 Å². The molecule has 10 heteroatoms. The second-order valence-electron chi connectivity index (χ2n) is 6.23. The Morgan fingerprint density at radius 1 is 1.29 bits per heavy atom. The summed E-state index contributed by atoms with van der Waals surface area (Å²) in [7, 11) is 0. The second-order valence-corrected chi connectivity index (χ2v) is 7.05. The smallest absolute Gasteiger partial charge is 0.261 e. The maximum atomic E-state index is 12.9. The molecule has 1 amide bonds. The molecule has 2 N–H and O–H groups in total. The minimum atomic E-state index is -0.583. The fourth-order valence-corrected chi connectivity index (χ4v) is 3.67. The van der Waals surface area contributed by atoms with E-state index in [0.717, 1.165) is 19.5 Å². The molecule has 0 saturated carbocycles. The average molecular weight is 441 g/mol. The van der Waals surface area contributed by atoms with Gasteiger partial charge in [-0.3, -0.25) is 14.6 Å². The number of rotatable bonds is 3. The highest BCUT2D eigenvalue weighted by Gasteiger charge is 2.23. The van der Waals surface area contributed by atoms with Gasteiger partial charge in [-0.15, -0.1) is 12.4 Å². The molecule has 1 saturated heterocycles. The van der Waals surface area contributed by atoms with Gasteiger partial charge in [0.1, 0.15) is 11.2 Å². The van der Waals surface area contributed by atoms with Crippen molar-refractivity contribution in [1.82, 2.24) is 19.9 Å². The minimum Gasteiger partial charge on any atom is -0.327 e. The molecule has 4 rings (SSSR count). The van der Waals surface area contributed by atoms with Gasteiger partial charge in [-0.1, -0.05) is 23.2 Å². The van der Waals surface area contributed by atoms with Crippen LogP contribution in [0.2, 0.25) is 10.0 Å². The number of aromatic nitrogens is 3. The Morgan fingerprint density at radius 2 is 2.04 bits per heavy atom. The lowest BCUT2D eigenvalue weighted by Crippen LogP contribution is -2.26. The number of anilines is 1. The number of pyridine rings is 3.